The predicted octanol–water partition coefficient (Wildman–Crippen LogP) is 2.26. The Balaban J connectivity index is 2.46. The van der Waals surface area contributed by atoms with Crippen LogP contribution in [-0.4, -0.2) is 27.1 Å². The average Bonchev–Trinajstić information content (AvgIpc) is 2.31. The second-order valence-corrected chi connectivity index (χ2v) is 3.94. The van der Waals surface area contributed by atoms with Crippen LogP contribution in [0.25, 0.3) is 0 Å². The van der Waals surface area contributed by atoms with E-state index in [-0.39, 0.29) is 6.29 Å². The Bertz CT molecular complexity index is 293. The Kier molecular flexibility index (Phi) is 5.46. The molecule has 0 radical (unpaired) electrons. The van der Waals surface area contributed by atoms with Crippen LogP contribution in [0, 0.1) is 6.92 Å². The summed E-state index contributed by atoms with van der Waals surface area (Å²) in [6.45, 7) is 4.91. The van der Waals surface area contributed by atoms with Gasteiger partial charge in [-0.1, -0.05) is 29.8 Å². The van der Waals surface area contributed by atoms with E-state index in [9.17, 15) is 0 Å². The summed E-state index contributed by atoms with van der Waals surface area (Å²) in [4.78, 5) is 0. The van der Waals surface area contributed by atoms with Crippen molar-refractivity contribution in [3.8, 4) is 0 Å². The first kappa shape index (κ1) is 13.2. The highest BCUT2D eigenvalue weighted by Gasteiger charge is 2.08. The molecule has 0 bridgehead atoms. The highest BCUT2D eigenvalue weighted by Crippen LogP contribution is 2.12. The summed E-state index contributed by atoms with van der Waals surface area (Å²) in [6.07, 6.45) is -0.187. The first-order valence-electron chi connectivity index (χ1n) is 5.53. The average molecular weight is 223 g/mol. The third-order valence-electron chi connectivity index (χ3n) is 2.69. The lowest BCUT2D eigenvalue weighted by atomic mass is 10.1. The molecule has 0 spiro atoms. The van der Waals surface area contributed by atoms with Crippen LogP contribution in [0.15, 0.2) is 24.3 Å². The Morgan fingerprint density at radius 1 is 1.12 bits per heavy atom. The third-order valence-corrected chi connectivity index (χ3v) is 2.69. The highest BCUT2D eigenvalue weighted by atomic mass is 16.7. The Morgan fingerprint density at radius 2 is 1.69 bits per heavy atom. The lowest BCUT2D eigenvalue weighted by Gasteiger charge is -2.19. The molecule has 0 amide bonds. The van der Waals surface area contributed by atoms with E-state index < -0.39 is 0 Å². The minimum atomic E-state index is -0.187. The zero-order chi connectivity index (χ0) is 12.0. The van der Waals surface area contributed by atoms with Gasteiger partial charge in [-0.3, -0.25) is 0 Å². The van der Waals surface area contributed by atoms with Gasteiger partial charge in [-0.05, 0) is 19.4 Å². The number of hydrogen-bond acceptors (Lipinski definition) is 3. The second-order valence-electron chi connectivity index (χ2n) is 3.94. The van der Waals surface area contributed by atoms with Crippen molar-refractivity contribution < 1.29 is 9.47 Å². The van der Waals surface area contributed by atoms with E-state index in [1.807, 2.05) is 0 Å². The first-order valence-corrected chi connectivity index (χ1v) is 5.53. The van der Waals surface area contributed by atoms with E-state index in [0.29, 0.717) is 12.6 Å². The zero-order valence-corrected chi connectivity index (χ0v) is 10.5. The summed E-state index contributed by atoms with van der Waals surface area (Å²) in [5, 5.41) is 3.37. The highest BCUT2D eigenvalue weighted by molar-refractivity contribution is 5.23. The minimum Gasteiger partial charge on any atom is -0.355 e. The molecule has 0 saturated carbocycles. The Labute approximate surface area is 97.8 Å². The van der Waals surface area contributed by atoms with E-state index in [1.54, 1.807) is 14.2 Å². The number of nitrogens with one attached hydrogen (secondary N) is 1. The molecule has 0 aromatic heterocycles. The normalized spacial score (nSPS) is 13.1. The van der Waals surface area contributed by atoms with Crippen molar-refractivity contribution in [1.82, 2.24) is 5.32 Å². The summed E-state index contributed by atoms with van der Waals surface area (Å²) in [5.74, 6) is 0. The fourth-order valence-corrected chi connectivity index (χ4v) is 1.51. The molecule has 3 heteroatoms. The maximum absolute atomic E-state index is 5.12. The van der Waals surface area contributed by atoms with E-state index in [1.165, 1.54) is 11.1 Å². The molecule has 1 aromatic carbocycles. The molecular formula is C13H21NO2. The largest absolute Gasteiger partial charge is 0.355 e. The van der Waals surface area contributed by atoms with Gasteiger partial charge in [-0.2, -0.15) is 0 Å². The molecule has 0 saturated heterocycles. The molecule has 0 aliphatic carbocycles. The number of methoxy groups -OCH3 is 2. The SMILES string of the molecule is COC(CNC(C)c1ccc(C)cc1)OC. The molecule has 16 heavy (non-hydrogen) atoms. The van der Waals surface area contributed by atoms with Gasteiger partial charge in [-0.25, -0.2) is 0 Å². The number of hydrogen-bond donors (Lipinski definition) is 1. The van der Waals surface area contributed by atoms with Crippen LogP contribution in [0.1, 0.15) is 24.1 Å². The van der Waals surface area contributed by atoms with Crippen molar-refractivity contribution in [3.05, 3.63) is 35.4 Å². The maximum atomic E-state index is 5.12. The fraction of sp³-hybridized carbons (Fsp3) is 0.538. The summed E-state index contributed by atoms with van der Waals surface area (Å²) >= 11 is 0. The van der Waals surface area contributed by atoms with Gasteiger partial charge in [0.15, 0.2) is 6.29 Å². The van der Waals surface area contributed by atoms with Crippen molar-refractivity contribution in [2.45, 2.75) is 26.2 Å². The summed E-state index contributed by atoms with van der Waals surface area (Å²) in [7, 11) is 3.29. The standard InChI is InChI=1S/C13H21NO2/c1-10-5-7-12(8-6-10)11(2)14-9-13(15-3)16-4/h5-8,11,13-14H,9H2,1-4H3. The molecule has 0 heterocycles. The van der Waals surface area contributed by atoms with Gasteiger partial charge in [0.2, 0.25) is 0 Å². The van der Waals surface area contributed by atoms with E-state index in [4.69, 9.17) is 9.47 Å². The van der Waals surface area contributed by atoms with Crippen LogP contribution in [0.3, 0.4) is 0 Å². The van der Waals surface area contributed by atoms with Gasteiger partial charge >= 0.3 is 0 Å². The molecule has 1 aromatic rings. The van der Waals surface area contributed by atoms with Crippen LogP contribution in [-0.2, 0) is 9.47 Å². The summed E-state index contributed by atoms with van der Waals surface area (Å²) in [6, 6.07) is 8.83. The lowest BCUT2D eigenvalue weighted by molar-refractivity contribution is -0.0997. The van der Waals surface area contributed by atoms with Gasteiger partial charge in [-0.15, -0.1) is 0 Å². The quantitative estimate of drug-likeness (QED) is 0.750. The molecule has 90 valence electrons. The van der Waals surface area contributed by atoms with Gasteiger partial charge < -0.3 is 14.8 Å². The second kappa shape index (κ2) is 6.63. The Hall–Kier alpha value is -0.900. The number of rotatable bonds is 6. The third kappa shape index (κ3) is 3.93. The van der Waals surface area contributed by atoms with E-state index >= 15 is 0 Å². The molecule has 0 fully saturated rings. The van der Waals surface area contributed by atoms with Crippen LogP contribution < -0.4 is 5.32 Å². The molecule has 3 nitrogen and oxygen atoms in total. The summed E-state index contributed by atoms with van der Waals surface area (Å²) < 4.78 is 10.2. The minimum absolute atomic E-state index is 0.187. The van der Waals surface area contributed by atoms with Crippen molar-refractivity contribution >= 4 is 0 Å². The van der Waals surface area contributed by atoms with Crippen LogP contribution in [0.5, 0.6) is 0 Å². The zero-order valence-electron chi connectivity index (χ0n) is 10.5. The fourth-order valence-electron chi connectivity index (χ4n) is 1.51. The maximum Gasteiger partial charge on any atom is 0.169 e. The number of benzene rings is 1. The van der Waals surface area contributed by atoms with Gasteiger partial charge in [0.1, 0.15) is 0 Å². The first-order chi connectivity index (χ1) is 7.67. The Morgan fingerprint density at radius 3 is 2.19 bits per heavy atom. The predicted molar refractivity (Wildman–Crippen MR) is 65.4 cm³/mol. The molecule has 1 N–H and O–H groups in total. The summed E-state index contributed by atoms with van der Waals surface area (Å²) in [5.41, 5.74) is 2.55. The number of ether oxygens (including phenoxy) is 2. The lowest BCUT2D eigenvalue weighted by Crippen LogP contribution is -2.31. The molecule has 0 aliphatic rings. The van der Waals surface area contributed by atoms with Gasteiger partial charge in [0, 0.05) is 26.8 Å². The molecule has 1 unspecified atom stereocenters. The smallest absolute Gasteiger partial charge is 0.169 e. The molecule has 0 aliphatic heterocycles. The topological polar surface area (TPSA) is 30.5 Å². The molecular weight excluding hydrogens is 202 g/mol. The van der Waals surface area contributed by atoms with Crippen LogP contribution in [0.2, 0.25) is 0 Å². The van der Waals surface area contributed by atoms with Crippen molar-refractivity contribution in [3.63, 3.8) is 0 Å². The monoisotopic (exact) mass is 223 g/mol. The van der Waals surface area contributed by atoms with Gasteiger partial charge in [0.25, 0.3) is 0 Å². The molecule has 1 rings (SSSR count). The van der Waals surface area contributed by atoms with Crippen molar-refractivity contribution in [2.24, 2.45) is 0 Å². The van der Waals surface area contributed by atoms with Crippen molar-refractivity contribution in [1.29, 1.82) is 0 Å². The van der Waals surface area contributed by atoms with Crippen molar-refractivity contribution in [2.75, 3.05) is 20.8 Å². The molecule has 1 atom stereocenters. The van der Waals surface area contributed by atoms with Crippen LogP contribution >= 0.6 is 0 Å². The van der Waals surface area contributed by atoms with E-state index in [0.717, 1.165) is 0 Å². The van der Waals surface area contributed by atoms with E-state index in [2.05, 4.69) is 43.4 Å². The van der Waals surface area contributed by atoms with Gasteiger partial charge in [0.05, 0.1) is 0 Å². The number of aryl methyl sites for hydroxylation is 1. The van der Waals surface area contributed by atoms with Crippen LogP contribution in [0.4, 0.5) is 0 Å².